The van der Waals surface area contributed by atoms with E-state index in [2.05, 4.69) is 15.4 Å². The van der Waals surface area contributed by atoms with E-state index in [1.807, 2.05) is 37.3 Å². The van der Waals surface area contributed by atoms with Crippen LogP contribution in [0.4, 0.5) is 0 Å². The Balaban J connectivity index is 1.62. The normalized spacial score (nSPS) is 11.9. The Labute approximate surface area is 144 Å². The number of rotatable bonds is 5. The van der Waals surface area contributed by atoms with Crippen molar-refractivity contribution in [1.82, 2.24) is 19.9 Å². The summed E-state index contributed by atoms with van der Waals surface area (Å²) in [6.07, 6.45) is 3.27. The maximum Gasteiger partial charge on any atom is 0.344 e. The number of hydrogen-bond donors (Lipinski definition) is 1. The summed E-state index contributed by atoms with van der Waals surface area (Å²) in [5.41, 5.74) is 2.15. The minimum absolute atomic E-state index is 0.173. The van der Waals surface area contributed by atoms with E-state index in [1.54, 1.807) is 25.4 Å². The Hall–Kier alpha value is -3.22. The molecule has 0 radical (unpaired) electrons. The highest BCUT2D eigenvalue weighted by atomic mass is 16.5. The number of aryl methyl sites for hydroxylation is 1. The third kappa shape index (κ3) is 3.65. The second-order valence-corrected chi connectivity index (χ2v) is 5.62. The van der Waals surface area contributed by atoms with Crippen LogP contribution in [0.1, 0.15) is 34.6 Å². The van der Waals surface area contributed by atoms with E-state index in [1.165, 1.54) is 4.52 Å². The molecular weight excluding hydrogens is 320 g/mol. The number of ether oxygens (including phenoxy) is 1. The van der Waals surface area contributed by atoms with Crippen molar-refractivity contribution in [2.75, 3.05) is 6.61 Å². The van der Waals surface area contributed by atoms with Gasteiger partial charge in [0.15, 0.2) is 12.3 Å². The summed E-state index contributed by atoms with van der Waals surface area (Å²) in [5, 5.41) is 7.00. The SMILES string of the molecule is Cc1nn2cccnc2c1C(=O)OCC(=O)NC(C)c1ccccc1. The average molecular weight is 338 g/mol. The van der Waals surface area contributed by atoms with Crippen molar-refractivity contribution in [2.24, 2.45) is 0 Å². The Kier molecular flexibility index (Phi) is 4.74. The molecule has 1 atom stereocenters. The minimum Gasteiger partial charge on any atom is -0.452 e. The number of carbonyl (C=O) groups is 2. The molecule has 1 aromatic carbocycles. The molecule has 2 heterocycles. The molecule has 1 N–H and O–H groups in total. The second-order valence-electron chi connectivity index (χ2n) is 5.62. The molecule has 0 aliphatic heterocycles. The van der Waals surface area contributed by atoms with Gasteiger partial charge in [-0.15, -0.1) is 0 Å². The number of benzene rings is 1. The van der Waals surface area contributed by atoms with Crippen molar-refractivity contribution < 1.29 is 14.3 Å². The molecule has 3 aromatic rings. The quantitative estimate of drug-likeness (QED) is 0.720. The van der Waals surface area contributed by atoms with Crippen LogP contribution in [0.2, 0.25) is 0 Å². The number of esters is 1. The zero-order valence-electron chi connectivity index (χ0n) is 14.0. The standard InChI is InChI=1S/C18H18N4O3/c1-12(14-7-4-3-5-8-14)20-15(23)11-25-18(24)16-13(2)21-22-10-6-9-19-17(16)22/h3-10,12H,11H2,1-2H3,(H,20,23). The zero-order valence-corrected chi connectivity index (χ0v) is 14.0. The van der Waals surface area contributed by atoms with Crippen LogP contribution in [0.5, 0.6) is 0 Å². The van der Waals surface area contributed by atoms with E-state index in [4.69, 9.17) is 4.74 Å². The summed E-state index contributed by atoms with van der Waals surface area (Å²) in [5.74, 6) is -0.986. The number of fused-ring (bicyclic) bond motifs is 1. The van der Waals surface area contributed by atoms with Crippen LogP contribution in [-0.2, 0) is 9.53 Å². The first-order valence-corrected chi connectivity index (χ1v) is 7.87. The molecule has 0 spiro atoms. The molecule has 0 aliphatic rings. The number of aromatic nitrogens is 3. The topological polar surface area (TPSA) is 85.6 Å². The molecule has 7 nitrogen and oxygen atoms in total. The summed E-state index contributed by atoms with van der Waals surface area (Å²) in [6, 6.07) is 11.1. The predicted octanol–water partition coefficient (Wildman–Crippen LogP) is 2.07. The van der Waals surface area contributed by atoms with Gasteiger partial charge in [-0.05, 0) is 25.5 Å². The van der Waals surface area contributed by atoms with Gasteiger partial charge in [-0.2, -0.15) is 5.10 Å². The monoisotopic (exact) mass is 338 g/mol. The van der Waals surface area contributed by atoms with Crippen LogP contribution >= 0.6 is 0 Å². The second kappa shape index (κ2) is 7.12. The molecule has 3 rings (SSSR count). The van der Waals surface area contributed by atoms with Crippen molar-refractivity contribution in [1.29, 1.82) is 0 Å². The van der Waals surface area contributed by atoms with E-state index in [9.17, 15) is 9.59 Å². The highest BCUT2D eigenvalue weighted by Gasteiger charge is 2.20. The third-order valence-electron chi connectivity index (χ3n) is 3.79. The van der Waals surface area contributed by atoms with E-state index >= 15 is 0 Å². The zero-order chi connectivity index (χ0) is 17.8. The average Bonchev–Trinajstić information content (AvgIpc) is 2.96. The Morgan fingerprint density at radius 1 is 1.24 bits per heavy atom. The summed E-state index contributed by atoms with van der Waals surface area (Å²) >= 11 is 0. The van der Waals surface area contributed by atoms with Gasteiger partial charge in [-0.25, -0.2) is 14.3 Å². The van der Waals surface area contributed by atoms with E-state index < -0.39 is 5.97 Å². The molecule has 128 valence electrons. The molecule has 1 unspecified atom stereocenters. The fraction of sp³-hybridized carbons (Fsp3) is 0.222. The summed E-state index contributed by atoms with van der Waals surface area (Å²) in [7, 11) is 0. The molecule has 7 heteroatoms. The molecule has 0 aliphatic carbocycles. The number of amides is 1. The first kappa shape index (κ1) is 16.6. The lowest BCUT2D eigenvalue weighted by atomic mass is 10.1. The van der Waals surface area contributed by atoms with E-state index in [0.29, 0.717) is 11.3 Å². The van der Waals surface area contributed by atoms with Crippen LogP contribution in [-0.4, -0.2) is 33.1 Å². The van der Waals surface area contributed by atoms with Crippen molar-refractivity contribution >= 4 is 17.5 Å². The molecule has 0 fully saturated rings. The molecule has 25 heavy (non-hydrogen) atoms. The van der Waals surface area contributed by atoms with Gasteiger partial charge in [0.25, 0.3) is 5.91 Å². The number of carbonyl (C=O) groups excluding carboxylic acids is 2. The fourth-order valence-electron chi connectivity index (χ4n) is 2.55. The van der Waals surface area contributed by atoms with Crippen molar-refractivity contribution in [2.45, 2.75) is 19.9 Å². The maximum atomic E-state index is 12.3. The van der Waals surface area contributed by atoms with Gasteiger partial charge in [-0.3, -0.25) is 4.79 Å². The van der Waals surface area contributed by atoms with Gasteiger partial charge in [0.2, 0.25) is 0 Å². The lowest BCUT2D eigenvalue weighted by molar-refractivity contribution is -0.124. The molecule has 1 amide bonds. The molecule has 0 saturated heterocycles. The smallest absolute Gasteiger partial charge is 0.344 e. The Morgan fingerprint density at radius 2 is 2.00 bits per heavy atom. The van der Waals surface area contributed by atoms with Crippen LogP contribution < -0.4 is 5.32 Å². The van der Waals surface area contributed by atoms with Gasteiger partial charge in [0, 0.05) is 12.4 Å². The van der Waals surface area contributed by atoms with Crippen LogP contribution in [0.3, 0.4) is 0 Å². The van der Waals surface area contributed by atoms with Gasteiger partial charge in [0.1, 0.15) is 5.56 Å². The van der Waals surface area contributed by atoms with Crippen molar-refractivity contribution in [3.8, 4) is 0 Å². The van der Waals surface area contributed by atoms with Crippen molar-refractivity contribution in [3.05, 3.63) is 65.6 Å². The summed E-state index contributed by atoms with van der Waals surface area (Å²) in [4.78, 5) is 28.5. The highest BCUT2D eigenvalue weighted by Crippen LogP contribution is 2.14. The number of nitrogens with one attached hydrogen (secondary N) is 1. The van der Waals surface area contributed by atoms with Gasteiger partial charge < -0.3 is 10.1 Å². The number of nitrogens with zero attached hydrogens (tertiary/aromatic N) is 3. The largest absolute Gasteiger partial charge is 0.452 e. The summed E-state index contributed by atoms with van der Waals surface area (Å²) < 4.78 is 6.63. The maximum absolute atomic E-state index is 12.3. The minimum atomic E-state index is -0.617. The first-order valence-electron chi connectivity index (χ1n) is 7.87. The lowest BCUT2D eigenvalue weighted by Gasteiger charge is -2.14. The van der Waals surface area contributed by atoms with Crippen molar-refractivity contribution in [3.63, 3.8) is 0 Å². The van der Waals surface area contributed by atoms with E-state index in [-0.39, 0.29) is 24.1 Å². The molecule has 2 aromatic heterocycles. The Morgan fingerprint density at radius 3 is 2.76 bits per heavy atom. The lowest BCUT2D eigenvalue weighted by Crippen LogP contribution is -2.31. The molecule has 0 bridgehead atoms. The van der Waals surface area contributed by atoms with Gasteiger partial charge in [-0.1, -0.05) is 30.3 Å². The van der Waals surface area contributed by atoms with Gasteiger partial charge >= 0.3 is 5.97 Å². The van der Waals surface area contributed by atoms with E-state index in [0.717, 1.165) is 5.56 Å². The first-order chi connectivity index (χ1) is 12.1. The fourth-order valence-corrected chi connectivity index (χ4v) is 2.55. The molecule has 0 saturated carbocycles. The highest BCUT2D eigenvalue weighted by molar-refractivity contribution is 5.98. The van der Waals surface area contributed by atoms with Crippen LogP contribution in [0, 0.1) is 6.92 Å². The Bertz CT molecular complexity index is 905. The third-order valence-corrected chi connectivity index (χ3v) is 3.79. The molecular formula is C18H18N4O3. The number of hydrogen-bond acceptors (Lipinski definition) is 5. The van der Waals surface area contributed by atoms with Gasteiger partial charge in [0.05, 0.1) is 11.7 Å². The van der Waals surface area contributed by atoms with Crippen LogP contribution in [0.25, 0.3) is 5.65 Å². The van der Waals surface area contributed by atoms with Crippen LogP contribution in [0.15, 0.2) is 48.8 Å². The summed E-state index contributed by atoms with van der Waals surface area (Å²) in [6.45, 7) is 3.21. The predicted molar refractivity (Wildman–Crippen MR) is 91.0 cm³/mol.